The maximum Gasteiger partial charge on any atom is 0.230 e. The van der Waals surface area contributed by atoms with E-state index in [2.05, 4.69) is 29.6 Å². The number of amides is 1. The van der Waals surface area contributed by atoms with E-state index in [-0.39, 0.29) is 17.9 Å². The zero-order chi connectivity index (χ0) is 17.2. The van der Waals surface area contributed by atoms with Gasteiger partial charge in [0.15, 0.2) is 0 Å². The van der Waals surface area contributed by atoms with Gasteiger partial charge in [0, 0.05) is 12.2 Å². The molecule has 0 bridgehead atoms. The van der Waals surface area contributed by atoms with Crippen molar-refractivity contribution < 1.29 is 4.79 Å². The van der Waals surface area contributed by atoms with Crippen LogP contribution in [0.1, 0.15) is 29.5 Å². The minimum Gasteiger partial charge on any atom is -0.376 e. The highest BCUT2D eigenvalue weighted by Gasteiger charge is 2.39. The molecular weight excluding hydrogens is 310 g/mol. The Hall–Kier alpha value is -2.59. The molecule has 2 heterocycles. The highest BCUT2D eigenvalue weighted by atomic mass is 16.2. The summed E-state index contributed by atoms with van der Waals surface area (Å²) in [6.07, 6.45) is 0.680. The van der Waals surface area contributed by atoms with Gasteiger partial charge in [0.05, 0.1) is 18.5 Å². The SMILES string of the molecule is NCCC(C(=O)N1CC2=C(C1)C(c1ccccc1)N2)c1ccccc1. The lowest BCUT2D eigenvalue weighted by atomic mass is 9.92. The first kappa shape index (κ1) is 15.9. The summed E-state index contributed by atoms with van der Waals surface area (Å²) in [7, 11) is 0. The molecule has 25 heavy (non-hydrogen) atoms. The summed E-state index contributed by atoms with van der Waals surface area (Å²) in [5.74, 6) is 0.0275. The third kappa shape index (κ3) is 2.94. The van der Waals surface area contributed by atoms with Gasteiger partial charge in [-0.25, -0.2) is 0 Å². The van der Waals surface area contributed by atoms with E-state index in [0.29, 0.717) is 26.1 Å². The monoisotopic (exact) mass is 333 g/mol. The number of hydrogen-bond acceptors (Lipinski definition) is 3. The fourth-order valence-electron chi connectivity index (χ4n) is 3.83. The van der Waals surface area contributed by atoms with Crippen LogP contribution in [0.4, 0.5) is 0 Å². The van der Waals surface area contributed by atoms with Gasteiger partial charge in [-0.05, 0) is 29.7 Å². The summed E-state index contributed by atoms with van der Waals surface area (Å²) in [5, 5.41) is 3.51. The maximum atomic E-state index is 13.1. The van der Waals surface area contributed by atoms with Crippen LogP contribution in [-0.4, -0.2) is 30.4 Å². The van der Waals surface area contributed by atoms with Gasteiger partial charge < -0.3 is 16.0 Å². The van der Waals surface area contributed by atoms with Crippen LogP contribution in [0.5, 0.6) is 0 Å². The predicted molar refractivity (Wildman–Crippen MR) is 98.8 cm³/mol. The Morgan fingerprint density at radius 1 is 1.08 bits per heavy atom. The average molecular weight is 333 g/mol. The number of nitrogens with zero attached hydrogens (tertiary/aromatic N) is 1. The Morgan fingerprint density at radius 3 is 2.44 bits per heavy atom. The van der Waals surface area contributed by atoms with E-state index in [4.69, 9.17) is 5.73 Å². The van der Waals surface area contributed by atoms with Crippen LogP contribution >= 0.6 is 0 Å². The van der Waals surface area contributed by atoms with Crippen molar-refractivity contribution in [2.75, 3.05) is 19.6 Å². The molecule has 0 aliphatic carbocycles. The Bertz CT molecular complexity index is 785. The van der Waals surface area contributed by atoms with Crippen LogP contribution in [0, 0.1) is 0 Å². The lowest BCUT2D eigenvalue weighted by molar-refractivity contribution is -0.131. The number of carbonyl (C=O) groups excluding carboxylic acids is 1. The van der Waals surface area contributed by atoms with E-state index in [1.165, 1.54) is 16.8 Å². The molecule has 2 atom stereocenters. The normalized spacial score (nSPS) is 19.9. The van der Waals surface area contributed by atoms with E-state index >= 15 is 0 Å². The van der Waals surface area contributed by atoms with Crippen LogP contribution in [-0.2, 0) is 4.79 Å². The molecule has 1 amide bonds. The standard InChI is InChI=1S/C21H23N3O/c22-12-11-17(15-7-3-1-4-8-15)21(25)24-13-18-19(14-24)23-20(18)16-9-5-2-6-10-16/h1-10,17,20,23H,11-14,22H2. The number of nitrogens with one attached hydrogen (secondary N) is 1. The zero-order valence-electron chi connectivity index (χ0n) is 14.2. The summed E-state index contributed by atoms with van der Waals surface area (Å²) < 4.78 is 0. The summed E-state index contributed by atoms with van der Waals surface area (Å²) >= 11 is 0. The van der Waals surface area contributed by atoms with Crippen LogP contribution in [0.2, 0.25) is 0 Å². The summed E-state index contributed by atoms with van der Waals surface area (Å²) in [6.45, 7) is 1.91. The molecule has 2 aromatic carbocycles. The third-order valence-corrected chi connectivity index (χ3v) is 5.16. The van der Waals surface area contributed by atoms with E-state index in [9.17, 15) is 4.79 Å². The average Bonchev–Trinajstić information content (AvgIpc) is 2.98. The van der Waals surface area contributed by atoms with Gasteiger partial charge in [0.1, 0.15) is 0 Å². The fourth-order valence-corrected chi connectivity index (χ4v) is 3.83. The van der Waals surface area contributed by atoms with E-state index < -0.39 is 0 Å². The van der Waals surface area contributed by atoms with Gasteiger partial charge in [-0.3, -0.25) is 4.79 Å². The number of rotatable bonds is 5. The summed E-state index contributed by atoms with van der Waals surface area (Å²) in [5.41, 5.74) is 10.6. The fraction of sp³-hybridized carbons (Fsp3) is 0.286. The minimum absolute atomic E-state index is 0.153. The quantitative estimate of drug-likeness (QED) is 0.884. The van der Waals surface area contributed by atoms with Crippen molar-refractivity contribution in [3.05, 3.63) is 83.1 Å². The van der Waals surface area contributed by atoms with Crippen LogP contribution < -0.4 is 11.1 Å². The van der Waals surface area contributed by atoms with Crippen molar-refractivity contribution in [2.45, 2.75) is 18.4 Å². The highest BCUT2D eigenvalue weighted by molar-refractivity contribution is 5.85. The van der Waals surface area contributed by atoms with Gasteiger partial charge in [-0.1, -0.05) is 60.7 Å². The molecule has 0 saturated carbocycles. The van der Waals surface area contributed by atoms with Crippen molar-refractivity contribution in [3.63, 3.8) is 0 Å². The van der Waals surface area contributed by atoms with Crippen molar-refractivity contribution in [3.8, 4) is 0 Å². The number of hydrogen-bond donors (Lipinski definition) is 2. The Labute approximate surface area is 148 Å². The number of benzene rings is 2. The molecule has 2 unspecified atom stereocenters. The molecular formula is C21H23N3O. The highest BCUT2D eigenvalue weighted by Crippen LogP contribution is 2.38. The third-order valence-electron chi connectivity index (χ3n) is 5.16. The summed E-state index contributed by atoms with van der Waals surface area (Å²) in [6, 6.07) is 20.6. The minimum atomic E-state index is -0.153. The predicted octanol–water partition coefficient (Wildman–Crippen LogP) is 2.56. The molecule has 2 aliphatic heterocycles. The van der Waals surface area contributed by atoms with Gasteiger partial charge in [0.25, 0.3) is 0 Å². The van der Waals surface area contributed by atoms with Gasteiger partial charge in [0.2, 0.25) is 5.91 Å². The lowest BCUT2D eigenvalue weighted by Gasteiger charge is -2.31. The molecule has 3 N–H and O–H groups in total. The van der Waals surface area contributed by atoms with Crippen molar-refractivity contribution in [1.29, 1.82) is 0 Å². The first-order valence-corrected chi connectivity index (χ1v) is 8.85. The smallest absolute Gasteiger partial charge is 0.230 e. The molecule has 0 aromatic heterocycles. The van der Waals surface area contributed by atoms with E-state index in [1.54, 1.807) is 0 Å². The molecule has 0 radical (unpaired) electrons. The summed E-state index contributed by atoms with van der Waals surface area (Å²) in [4.78, 5) is 15.1. The zero-order valence-corrected chi connectivity index (χ0v) is 14.2. The van der Waals surface area contributed by atoms with Gasteiger partial charge in [-0.2, -0.15) is 0 Å². The molecule has 4 rings (SSSR count). The first-order valence-electron chi connectivity index (χ1n) is 8.85. The van der Waals surface area contributed by atoms with Crippen molar-refractivity contribution in [2.24, 2.45) is 5.73 Å². The first-order chi connectivity index (χ1) is 12.3. The van der Waals surface area contributed by atoms with E-state index in [0.717, 1.165) is 5.56 Å². The van der Waals surface area contributed by atoms with Crippen molar-refractivity contribution in [1.82, 2.24) is 10.2 Å². The molecule has 0 saturated heterocycles. The number of nitrogens with two attached hydrogens (primary N) is 1. The number of carbonyl (C=O) groups is 1. The topological polar surface area (TPSA) is 58.4 Å². The van der Waals surface area contributed by atoms with Crippen LogP contribution in [0.25, 0.3) is 0 Å². The second-order valence-electron chi connectivity index (χ2n) is 6.73. The molecule has 0 fully saturated rings. The Morgan fingerprint density at radius 2 is 1.76 bits per heavy atom. The van der Waals surface area contributed by atoms with Gasteiger partial charge >= 0.3 is 0 Å². The molecule has 0 spiro atoms. The molecule has 2 aliphatic rings. The van der Waals surface area contributed by atoms with E-state index in [1.807, 2.05) is 41.3 Å². The van der Waals surface area contributed by atoms with Crippen LogP contribution in [0.3, 0.4) is 0 Å². The van der Waals surface area contributed by atoms with Crippen molar-refractivity contribution >= 4 is 5.91 Å². The Kier molecular flexibility index (Phi) is 4.28. The second-order valence-corrected chi connectivity index (χ2v) is 6.73. The molecule has 128 valence electrons. The lowest BCUT2D eigenvalue weighted by Crippen LogP contribution is -2.35. The molecule has 4 nitrogen and oxygen atoms in total. The Balaban J connectivity index is 1.48. The van der Waals surface area contributed by atoms with Gasteiger partial charge in [-0.15, -0.1) is 0 Å². The largest absolute Gasteiger partial charge is 0.376 e. The second kappa shape index (κ2) is 6.73. The maximum absolute atomic E-state index is 13.1. The van der Waals surface area contributed by atoms with Crippen LogP contribution in [0.15, 0.2) is 71.9 Å². The molecule has 2 aromatic rings. The molecule has 4 heteroatoms.